The van der Waals surface area contributed by atoms with Gasteiger partial charge in [-0.1, -0.05) is 128 Å². The van der Waals surface area contributed by atoms with E-state index in [1.54, 1.807) is 26.5 Å². The molecule has 4 atom stereocenters. The maximum Gasteiger partial charge on any atom is 0.315 e. The Hall–Kier alpha value is -3.76. The number of aromatic nitrogens is 3. The summed E-state index contributed by atoms with van der Waals surface area (Å²) in [5.41, 5.74) is 4.71. The fourth-order valence-corrected chi connectivity index (χ4v) is 17.7. The van der Waals surface area contributed by atoms with Gasteiger partial charge in [0.1, 0.15) is 17.3 Å². The van der Waals surface area contributed by atoms with Gasteiger partial charge in [0.15, 0.2) is 0 Å². The first-order valence-corrected chi connectivity index (χ1v) is 36.4. The van der Waals surface area contributed by atoms with Crippen molar-refractivity contribution in [1.82, 2.24) is 30.9 Å². The number of benzene rings is 2. The van der Waals surface area contributed by atoms with Crippen LogP contribution in [0.5, 0.6) is 0 Å². The Balaban J connectivity index is 0.799. The van der Waals surface area contributed by atoms with E-state index in [0.717, 1.165) is 83.3 Å². The lowest BCUT2D eigenvalue weighted by Gasteiger charge is -2.35. The number of rotatable bonds is 42. The number of anilines is 2. The van der Waals surface area contributed by atoms with E-state index in [2.05, 4.69) is 67.5 Å². The Morgan fingerprint density at radius 2 is 1.36 bits per heavy atom. The van der Waals surface area contributed by atoms with Gasteiger partial charge in [0.05, 0.1) is 60.7 Å². The number of hydrogen-bond acceptors (Lipinski definition) is 14. The molecule has 2 fully saturated rings. The van der Waals surface area contributed by atoms with Gasteiger partial charge in [0, 0.05) is 98.0 Å². The Bertz CT molecular complexity index is 2410. The molecule has 2 aromatic carbocycles. The number of nitrogens with one attached hydrogen (secondary N) is 3. The lowest BCUT2D eigenvalue weighted by molar-refractivity contribution is -0.123. The Labute approximate surface area is 490 Å². The van der Waals surface area contributed by atoms with Crippen LogP contribution in [-0.2, 0) is 37.8 Å². The Morgan fingerprint density at radius 3 is 2.05 bits per heavy atom. The monoisotopic (exact) mass is 1180 g/mol. The molecule has 20 heteroatoms. The highest BCUT2D eigenvalue weighted by molar-refractivity contribution is 8.76. The Kier molecular flexibility index (Phi) is 28.4. The summed E-state index contributed by atoms with van der Waals surface area (Å²) in [6.45, 7) is 16.4. The van der Waals surface area contributed by atoms with Gasteiger partial charge in [-0.3, -0.25) is 24.1 Å². The molecular formula is C60H93N7O9S3Si. The first-order chi connectivity index (χ1) is 38.7. The molecule has 16 nitrogen and oxygen atoms in total. The summed E-state index contributed by atoms with van der Waals surface area (Å²) in [7, 11) is 0.956. The quantitative estimate of drug-likeness (QED) is 0.0210. The number of hydrogen-bond donors (Lipinski definition) is 3. The summed E-state index contributed by atoms with van der Waals surface area (Å²) in [6.07, 6.45) is 17.0. The first-order valence-electron chi connectivity index (χ1n) is 29.8. The summed E-state index contributed by atoms with van der Waals surface area (Å²) in [5, 5.41) is 19.3. The standard InChI is InChI=1S/C60H93N7O9S3Si/c1-7-8-9-10-11-12-13-14-31-55(80(5,6)76-45(2)3)67-57-49-26-16-18-28-51(49)66(50-27-17-15-25-48(50)56(57)64-65-67)54(71)33-32-46(68)23-21-36-73-38-40-75-41-39-74-37-22-24-47(69)34-42-78-79-43-35-61-53(70)30-20-19-29-52-58-60(4,44-77-52)63-59(72)62-58/h15-18,25-28,45,52,55,58H,7-14,19-24,29-44H2,1-6H3,(H,61,70)(H2,62,63,72)/t52-,55?,58+,60-/m0/s1. The van der Waals surface area contributed by atoms with Gasteiger partial charge in [-0.2, -0.15) is 11.8 Å². The highest BCUT2D eigenvalue weighted by atomic mass is 33.1. The van der Waals surface area contributed by atoms with Crippen LogP contribution in [0.2, 0.25) is 13.1 Å². The summed E-state index contributed by atoms with van der Waals surface area (Å²) in [6, 6.07) is 16.0. The zero-order valence-electron chi connectivity index (χ0n) is 48.8. The van der Waals surface area contributed by atoms with Crippen LogP contribution in [0, 0.1) is 0 Å². The number of thioether (sulfide) groups is 1. The number of unbranched alkanes of at least 4 members (excludes halogenated alkanes) is 8. The zero-order chi connectivity index (χ0) is 57.2. The van der Waals surface area contributed by atoms with Crippen molar-refractivity contribution in [3.8, 4) is 22.5 Å². The van der Waals surface area contributed by atoms with Crippen LogP contribution >= 0.6 is 33.3 Å². The summed E-state index contributed by atoms with van der Waals surface area (Å²) in [4.78, 5) is 65.8. The van der Waals surface area contributed by atoms with Crippen molar-refractivity contribution in [2.45, 2.75) is 198 Å². The molecule has 2 saturated heterocycles. The van der Waals surface area contributed by atoms with Crippen LogP contribution in [0.3, 0.4) is 0 Å². The number of carbonyl (C=O) groups excluding carboxylic acids is 5. The SMILES string of the molecule is CCCCCCCCCCC(n1nnc2c1-c1ccccc1N(C(=O)CCC(=O)CCCOCCOCCOCCCC(=O)CCSSCCNC(=O)CCCC[C@@H]1SC[C@]3(C)NC(=O)N[C@H]13)c1ccccc1-2)[Si](C)(C)OC(C)C. The number of Topliss-reactive ketones (excluding diaryl/α,β-unsaturated/α-hetero) is 2. The van der Waals surface area contributed by atoms with Gasteiger partial charge in [-0.15, -0.1) is 5.10 Å². The number of urea groups is 1. The maximum absolute atomic E-state index is 14.4. The molecule has 0 bridgehead atoms. The van der Waals surface area contributed by atoms with E-state index in [4.69, 9.17) is 28.9 Å². The molecule has 0 spiro atoms. The van der Waals surface area contributed by atoms with Crippen molar-refractivity contribution in [1.29, 1.82) is 0 Å². The van der Waals surface area contributed by atoms with E-state index in [0.29, 0.717) is 90.0 Å². The van der Waals surface area contributed by atoms with E-state index in [1.165, 1.54) is 44.9 Å². The summed E-state index contributed by atoms with van der Waals surface area (Å²) >= 11 is 1.90. The number of ketones is 2. The molecule has 0 aliphatic carbocycles. The summed E-state index contributed by atoms with van der Waals surface area (Å²) in [5.74, 6) is 2.63. The maximum atomic E-state index is 14.4. The van der Waals surface area contributed by atoms with Crippen LogP contribution < -0.4 is 20.9 Å². The molecule has 80 heavy (non-hydrogen) atoms. The third-order valence-electron chi connectivity index (χ3n) is 15.1. The molecule has 3 N–H and O–H groups in total. The number of ether oxygens (including phenoxy) is 3. The highest BCUT2D eigenvalue weighted by Gasteiger charge is 2.51. The molecule has 0 saturated carbocycles. The molecule has 0 radical (unpaired) electrons. The molecule has 4 amide bonds. The molecular weight excluding hydrogens is 1090 g/mol. The van der Waals surface area contributed by atoms with Gasteiger partial charge >= 0.3 is 6.03 Å². The van der Waals surface area contributed by atoms with Crippen molar-refractivity contribution >= 4 is 82.5 Å². The minimum atomic E-state index is -2.38. The van der Waals surface area contributed by atoms with E-state index in [-0.39, 0.29) is 65.6 Å². The molecule has 3 aliphatic rings. The number of carbonyl (C=O) groups is 5. The average molecular weight is 1180 g/mol. The number of fused-ring (bicyclic) bond motifs is 6. The van der Waals surface area contributed by atoms with E-state index in [1.807, 2.05) is 54.2 Å². The van der Waals surface area contributed by atoms with Gasteiger partial charge in [0.25, 0.3) is 0 Å². The van der Waals surface area contributed by atoms with Crippen LogP contribution in [0.15, 0.2) is 48.5 Å². The second-order valence-electron chi connectivity index (χ2n) is 22.5. The summed E-state index contributed by atoms with van der Waals surface area (Å²) < 4.78 is 25.9. The largest absolute Gasteiger partial charge is 0.413 e. The molecule has 4 heterocycles. The Morgan fingerprint density at radius 1 is 0.750 bits per heavy atom. The lowest BCUT2D eigenvalue weighted by atomic mass is 9.92. The van der Waals surface area contributed by atoms with Crippen molar-refractivity contribution in [2.75, 3.05) is 68.3 Å². The lowest BCUT2D eigenvalue weighted by Crippen LogP contribution is -2.47. The van der Waals surface area contributed by atoms with E-state index < -0.39 is 8.32 Å². The fraction of sp³-hybridized carbons (Fsp3) is 0.683. The minimum absolute atomic E-state index is 0.0217. The number of nitrogens with zero attached hydrogens (tertiary/aromatic N) is 4. The third-order valence-corrected chi connectivity index (χ3v) is 22.4. The highest BCUT2D eigenvalue weighted by Crippen LogP contribution is 2.49. The molecule has 1 unspecified atom stereocenters. The second-order valence-corrected chi connectivity index (χ2v) is 30.5. The first kappa shape index (κ1) is 65.4. The topological polar surface area (TPSA) is 192 Å². The van der Waals surface area contributed by atoms with Crippen molar-refractivity contribution < 1.29 is 42.6 Å². The van der Waals surface area contributed by atoms with E-state index in [9.17, 15) is 24.0 Å². The van der Waals surface area contributed by atoms with Gasteiger partial charge in [-0.25, -0.2) is 9.48 Å². The van der Waals surface area contributed by atoms with E-state index >= 15 is 0 Å². The van der Waals surface area contributed by atoms with Gasteiger partial charge < -0.3 is 34.6 Å². The molecule has 444 valence electrons. The average Bonchev–Trinajstić information content (AvgIpc) is 4.06. The minimum Gasteiger partial charge on any atom is -0.413 e. The van der Waals surface area contributed by atoms with Crippen molar-refractivity contribution in [2.24, 2.45) is 0 Å². The number of para-hydroxylation sites is 2. The van der Waals surface area contributed by atoms with Gasteiger partial charge in [-0.05, 0) is 78.1 Å². The van der Waals surface area contributed by atoms with Crippen molar-refractivity contribution in [3.05, 3.63) is 48.5 Å². The van der Waals surface area contributed by atoms with Crippen molar-refractivity contribution in [3.63, 3.8) is 0 Å². The van der Waals surface area contributed by atoms with Crippen LogP contribution in [0.1, 0.15) is 162 Å². The second kappa shape index (κ2) is 34.7. The molecule has 1 aromatic heterocycles. The molecule has 3 aromatic rings. The molecule has 3 aliphatic heterocycles. The van der Waals surface area contributed by atoms with Crippen LogP contribution in [-0.4, -0.2) is 139 Å². The normalized spacial score (nSPS) is 17.8. The van der Waals surface area contributed by atoms with Crippen LogP contribution in [0.25, 0.3) is 22.5 Å². The third kappa shape index (κ3) is 20.5. The zero-order valence-corrected chi connectivity index (χ0v) is 52.3. The van der Waals surface area contributed by atoms with Crippen LogP contribution in [0.4, 0.5) is 16.2 Å². The predicted octanol–water partition coefficient (Wildman–Crippen LogP) is 12.4. The predicted molar refractivity (Wildman–Crippen MR) is 329 cm³/mol. The molecule has 6 rings (SSSR count). The van der Waals surface area contributed by atoms with Gasteiger partial charge in [0.2, 0.25) is 20.1 Å². The number of amides is 4. The smallest absolute Gasteiger partial charge is 0.315 e. The fourth-order valence-electron chi connectivity index (χ4n) is 11.0.